The third kappa shape index (κ3) is 2.37. The standard InChI is InChI=1S/C13H22FN3/c1-9(2)17-7-5-11(6-8-17)13-12(14)10(3)16(4)15-13/h9,11H,5-8H2,1-4H3. The first-order chi connectivity index (χ1) is 8.00. The van der Waals surface area contributed by atoms with E-state index in [1.165, 1.54) is 0 Å². The smallest absolute Gasteiger partial charge is 0.167 e. The van der Waals surface area contributed by atoms with Gasteiger partial charge in [0.15, 0.2) is 5.82 Å². The van der Waals surface area contributed by atoms with Gasteiger partial charge in [-0.25, -0.2) is 4.39 Å². The molecule has 0 spiro atoms. The molecular weight excluding hydrogens is 217 g/mol. The van der Waals surface area contributed by atoms with Gasteiger partial charge in [0.05, 0.1) is 5.69 Å². The van der Waals surface area contributed by atoms with Crippen LogP contribution in [0, 0.1) is 12.7 Å². The molecule has 0 bridgehead atoms. The van der Waals surface area contributed by atoms with Gasteiger partial charge in [-0.3, -0.25) is 4.68 Å². The van der Waals surface area contributed by atoms with E-state index in [0.29, 0.717) is 23.3 Å². The van der Waals surface area contributed by atoms with E-state index >= 15 is 0 Å². The Morgan fingerprint density at radius 3 is 2.29 bits per heavy atom. The summed E-state index contributed by atoms with van der Waals surface area (Å²) in [7, 11) is 1.81. The van der Waals surface area contributed by atoms with Crippen molar-refractivity contribution in [1.82, 2.24) is 14.7 Å². The summed E-state index contributed by atoms with van der Waals surface area (Å²) in [6.07, 6.45) is 2.04. The fourth-order valence-corrected chi connectivity index (χ4v) is 2.56. The number of aromatic nitrogens is 2. The van der Waals surface area contributed by atoms with Crippen LogP contribution in [0.15, 0.2) is 0 Å². The highest BCUT2D eigenvalue weighted by molar-refractivity contribution is 5.17. The fourth-order valence-electron chi connectivity index (χ4n) is 2.56. The van der Waals surface area contributed by atoms with Crippen LogP contribution >= 0.6 is 0 Å². The highest BCUT2D eigenvalue weighted by Crippen LogP contribution is 2.30. The van der Waals surface area contributed by atoms with Gasteiger partial charge in [0.2, 0.25) is 0 Å². The number of nitrogens with zero attached hydrogens (tertiary/aromatic N) is 3. The lowest BCUT2D eigenvalue weighted by molar-refractivity contribution is 0.169. The third-order valence-electron chi connectivity index (χ3n) is 3.93. The Morgan fingerprint density at radius 1 is 1.29 bits per heavy atom. The lowest BCUT2D eigenvalue weighted by Crippen LogP contribution is -2.38. The zero-order chi connectivity index (χ0) is 12.6. The second-order valence-corrected chi connectivity index (χ2v) is 5.31. The van der Waals surface area contributed by atoms with Gasteiger partial charge in [0.25, 0.3) is 0 Å². The summed E-state index contributed by atoms with van der Waals surface area (Å²) in [4.78, 5) is 2.45. The Morgan fingerprint density at radius 2 is 1.88 bits per heavy atom. The predicted molar refractivity (Wildman–Crippen MR) is 66.6 cm³/mol. The molecule has 0 atom stereocenters. The summed E-state index contributed by atoms with van der Waals surface area (Å²) in [6.45, 7) is 8.32. The molecule has 0 N–H and O–H groups in total. The van der Waals surface area contributed by atoms with E-state index in [0.717, 1.165) is 25.9 Å². The Bertz CT molecular complexity index is 390. The predicted octanol–water partition coefficient (Wildman–Crippen LogP) is 2.46. The second-order valence-electron chi connectivity index (χ2n) is 5.31. The number of halogens is 1. The first-order valence-corrected chi connectivity index (χ1v) is 6.43. The Hall–Kier alpha value is -0.900. The molecule has 0 aromatic carbocycles. The lowest BCUT2D eigenvalue weighted by atomic mass is 9.92. The molecule has 1 aromatic rings. The van der Waals surface area contributed by atoms with Gasteiger partial charge in [-0.2, -0.15) is 5.10 Å². The molecule has 4 heteroatoms. The van der Waals surface area contributed by atoms with Gasteiger partial charge in [0, 0.05) is 19.0 Å². The average Bonchev–Trinajstić information content (AvgIpc) is 2.57. The van der Waals surface area contributed by atoms with Crippen LogP contribution in [0.2, 0.25) is 0 Å². The topological polar surface area (TPSA) is 21.1 Å². The van der Waals surface area contributed by atoms with Crippen LogP contribution in [0.3, 0.4) is 0 Å². The minimum absolute atomic E-state index is 0.101. The maximum Gasteiger partial charge on any atom is 0.167 e. The summed E-state index contributed by atoms with van der Waals surface area (Å²) < 4.78 is 15.6. The van der Waals surface area contributed by atoms with Gasteiger partial charge in [-0.05, 0) is 46.7 Å². The summed E-state index contributed by atoms with van der Waals surface area (Å²) in [5.41, 5.74) is 1.32. The first kappa shape index (κ1) is 12.6. The van der Waals surface area contributed by atoms with E-state index in [-0.39, 0.29) is 5.82 Å². The number of hydrogen-bond donors (Lipinski definition) is 0. The van der Waals surface area contributed by atoms with Gasteiger partial charge < -0.3 is 4.90 Å². The molecule has 1 fully saturated rings. The van der Waals surface area contributed by atoms with Crippen LogP contribution in [-0.2, 0) is 7.05 Å². The van der Waals surface area contributed by atoms with E-state index in [1.54, 1.807) is 11.6 Å². The minimum Gasteiger partial charge on any atom is -0.301 e. The van der Waals surface area contributed by atoms with Crippen molar-refractivity contribution in [3.8, 4) is 0 Å². The summed E-state index contributed by atoms with van der Waals surface area (Å²) in [5, 5.41) is 4.33. The number of hydrogen-bond acceptors (Lipinski definition) is 2. The van der Waals surface area contributed by atoms with E-state index in [9.17, 15) is 4.39 Å². The van der Waals surface area contributed by atoms with Crippen molar-refractivity contribution in [2.24, 2.45) is 7.05 Å². The van der Waals surface area contributed by atoms with E-state index in [2.05, 4.69) is 23.8 Å². The van der Waals surface area contributed by atoms with Crippen molar-refractivity contribution in [2.45, 2.75) is 45.6 Å². The SMILES string of the molecule is Cc1c(F)c(C2CCN(C(C)C)CC2)nn1C. The second kappa shape index (κ2) is 4.77. The largest absolute Gasteiger partial charge is 0.301 e. The zero-order valence-corrected chi connectivity index (χ0v) is 11.2. The van der Waals surface area contributed by atoms with E-state index < -0.39 is 0 Å². The Labute approximate surface area is 103 Å². The molecule has 0 unspecified atom stereocenters. The molecule has 17 heavy (non-hydrogen) atoms. The number of rotatable bonds is 2. The maximum absolute atomic E-state index is 14.0. The maximum atomic E-state index is 14.0. The monoisotopic (exact) mass is 239 g/mol. The number of aryl methyl sites for hydroxylation is 1. The first-order valence-electron chi connectivity index (χ1n) is 6.43. The zero-order valence-electron chi connectivity index (χ0n) is 11.2. The summed E-state index contributed by atoms with van der Waals surface area (Å²) in [5.74, 6) is 0.195. The van der Waals surface area contributed by atoms with Gasteiger partial charge in [-0.1, -0.05) is 0 Å². The highest BCUT2D eigenvalue weighted by atomic mass is 19.1. The molecule has 1 aliphatic heterocycles. The Kier molecular flexibility index (Phi) is 3.52. The van der Waals surface area contributed by atoms with Crippen molar-refractivity contribution in [1.29, 1.82) is 0 Å². The van der Waals surface area contributed by atoms with Crippen molar-refractivity contribution in [2.75, 3.05) is 13.1 Å². The summed E-state index contributed by atoms with van der Waals surface area (Å²) in [6, 6.07) is 0.589. The minimum atomic E-state index is -0.101. The van der Waals surface area contributed by atoms with Crippen LogP contribution < -0.4 is 0 Å². The molecule has 2 heterocycles. The van der Waals surface area contributed by atoms with Crippen molar-refractivity contribution in [3.05, 3.63) is 17.2 Å². The normalized spacial score (nSPS) is 19.2. The highest BCUT2D eigenvalue weighted by Gasteiger charge is 2.27. The van der Waals surface area contributed by atoms with E-state index in [4.69, 9.17) is 0 Å². The molecule has 3 nitrogen and oxygen atoms in total. The van der Waals surface area contributed by atoms with Crippen molar-refractivity contribution >= 4 is 0 Å². The third-order valence-corrected chi connectivity index (χ3v) is 3.93. The van der Waals surface area contributed by atoms with Crippen molar-refractivity contribution in [3.63, 3.8) is 0 Å². The van der Waals surface area contributed by atoms with Crippen LogP contribution in [0.25, 0.3) is 0 Å². The lowest BCUT2D eigenvalue weighted by Gasteiger charge is -2.33. The van der Waals surface area contributed by atoms with Gasteiger partial charge in [-0.15, -0.1) is 0 Å². The van der Waals surface area contributed by atoms with Crippen LogP contribution in [0.5, 0.6) is 0 Å². The molecular formula is C13H22FN3. The molecule has 1 saturated heterocycles. The van der Waals surface area contributed by atoms with Crippen molar-refractivity contribution < 1.29 is 4.39 Å². The van der Waals surface area contributed by atoms with Crippen LogP contribution in [0.4, 0.5) is 4.39 Å². The molecule has 0 saturated carbocycles. The fraction of sp³-hybridized carbons (Fsp3) is 0.769. The molecule has 1 aromatic heterocycles. The molecule has 2 rings (SSSR count). The molecule has 0 aliphatic carbocycles. The number of likely N-dealkylation sites (tertiary alicyclic amines) is 1. The number of piperidine rings is 1. The molecule has 0 amide bonds. The summed E-state index contributed by atoms with van der Waals surface area (Å²) >= 11 is 0. The Balaban J connectivity index is 2.08. The average molecular weight is 239 g/mol. The van der Waals surface area contributed by atoms with Crippen LogP contribution in [0.1, 0.15) is 44.0 Å². The molecule has 0 radical (unpaired) electrons. The van der Waals surface area contributed by atoms with Crippen LogP contribution in [-0.4, -0.2) is 33.8 Å². The van der Waals surface area contributed by atoms with Gasteiger partial charge >= 0.3 is 0 Å². The molecule has 96 valence electrons. The van der Waals surface area contributed by atoms with Gasteiger partial charge in [0.1, 0.15) is 5.69 Å². The molecule has 1 aliphatic rings. The van der Waals surface area contributed by atoms with E-state index in [1.807, 2.05) is 7.05 Å². The quantitative estimate of drug-likeness (QED) is 0.790.